The van der Waals surface area contributed by atoms with E-state index in [-0.39, 0.29) is 11.9 Å². The third kappa shape index (κ3) is 3.31. The van der Waals surface area contributed by atoms with Gasteiger partial charge in [-0.25, -0.2) is 9.67 Å². The minimum absolute atomic E-state index is 0.205. The van der Waals surface area contributed by atoms with Gasteiger partial charge in [-0.3, -0.25) is 4.79 Å². The van der Waals surface area contributed by atoms with Crippen molar-refractivity contribution < 1.29 is 4.79 Å². The molecule has 1 amide bonds. The van der Waals surface area contributed by atoms with Crippen LogP contribution in [-0.4, -0.2) is 25.1 Å². The Balaban J connectivity index is 1.55. The fraction of sp³-hybridized carbons (Fsp3) is 0.150. The molecule has 0 saturated carbocycles. The topological polar surface area (TPSA) is 64.2 Å². The zero-order valence-electron chi connectivity index (χ0n) is 14.9. The molecule has 27 heavy (non-hydrogen) atoms. The van der Waals surface area contributed by atoms with Crippen LogP contribution >= 0.6 is 11.6 Å². The zero-order valence-corrected chi connectivity index (χ0v) is 15.7. The van der Waals surface area contributed by atoms with Crippen LogP contribution in [0.2, 0.25) is 5.02 Å². The van der Waals surface area contributed by atoms with Crippen molar-refractivity contribution in [3.05, 3.63) is 83.0 Å². The molecule has 0 fully saturated rings. The Bertz CT molecular complexity index is 1120. The van der Waals surface area contributed by atoms with Crippen molar-refractivity contribution in [2.75, 3.05) is 0 Å². The molecule has 136 valence electrons. The molecule has 4 aromatic rings. The van der Waals surface area contributed by atoms with Crippen LogP contribution in [-0.2, 0) is 0 Å². The SMILES string of the molecule is Cc1c([C@@H](C)NC(=O)c2cn3cc(Cl)ccc3n2)cnn1-c1ccccc1. The Morgan fingerprint density at radius 2 is 1.93 bits per heavy atom. The average molecular weight is 380 g/mol. The normalized spacial score (nSPS) is 12.3. The van der Waals surface area contributed by atoms with E-state index in [4.69, 9.17) is 11.6 Å². The molecule has 1 atom stereocenters. The number of nitrogens with zero attached hydrogens (tertiary/aromatic N) is 4. The van der Waals surface area contributed by atoms with Crippen LogP contribution in [0.5, 0.6) is 0 Å². The lowest BCUT2D eigenvalue weighted by Gasteiger charge is -2.13. The van der Waals surface area contributed by atoms with Crippen LogP contribution in [0.25, 0.3) is 11.3 Å². The second-order valence-electron chi connectivity index (χ2n) is 6.37. The van der Waals surface area contributed by atoms with Crippen LogP contribution in [0.1, 0.15) is 34.7 Å². The van der Waals surface area contributed by atoms with Gasteiger partial charge in [0.25, 0.3) is 5.91 Å². The quantitative estimate of drug-likeness (QED) is 0.583. The number of fused-ring (bicyclic) bond motifs is 1. The first-order chi connectivity index (χ1) is 13.0. The summed E-state index contributed by atoms with van der Waals surface area (Å²) in [7, 11) is 0. The van der Waals surface area contributed by atoms with Gasteiger partial charge in [0.05, 0.1) is 22.9 Å². The largest absolute Gasteiger partial charge is 0.344 e. The Hall–Kier alpha value is -3.12. The van der Waals surface area contributed by atoms with Gasteiger partial charge in [0.15, 0.2) is 0 Å². The van der Waals surface area contributed by atoms with Crippen molar-refractivity contribution in [3.63, 3.8) is 0 Å². The number of benzene rings is 1. The number of aromatic nitrogens is 4. The molecular formula is C20H18ClN5O. The van der Waals surface area contributed by atoms with Crippen molar-refractivity contribution in [1.29, 1.82) is 0 Å². The van der Waals surface area contributed by atoms with Crippen molar-refractivity contribution in [2.45, 2.75) is 19.9 Å². The number of carbonyl (C=O) groups is 1. The molecular weight excluding hydrogens is 362 g/mol. The summed E-state index contributed by atoms with van der Waals surface area (Å²) in [5.74, 6) is -0.241. The molecule has 1 N–H and O–H groups in total. The average Bonchev–Trinajstić information content (AvgIpc) is 3.25. The molecule has 0 aliphatic rings. The van der Waals surface area contributed by atoms with E-state index >= 15 is 0 Å². The van der Waals surface area contributed by atoms with E-state index in [2.05, 4.69) is 15.4 Å². The fourth-order valence-electron chi connectivity index (χ4n) is 3.10. The second-order valence-corrected chi connectivity index (χ2v) is 6.80. The lowest BCUT2D eigenvalue weighted by Crippen LogP contribution is -2.27. The third-order valence-corrected chi connectivity index (χ3v) is 4.73. The van der Waals surface area contributed by atoms with Crippen LogP contribution in [0.3, 0.4) is 0 Å². The molecule has 6 nitrogen and oxygen atoms in total. The highest BCUT2D eigenvalue weighted by molar-refractivity contribution is 6.30. The predicted molar refractivity (Wildman–Crippen MR) is 104 cm³/mol. The van der Waals surface area contributed by atoms with E-state index in [0.29, 0.717) is 16.4 Å². The number of halogens is 1. The highest BCUT2D eigenvalue weighted by atomic mass is 35.5. The van der Waals surface area contributed by atoms with E-state index in [0.717, 1.165) is 16.9 Å². The lowest BCUT2D eigenvalue weighted by atomic mass is 10.1. The van der Waals surface area contributed by atoms with Gasteiger partial charge in [0, 0.05) is 23.7 Å². The van der Waals surface area contributed by atoms with Gasteiger partial charge in [-0.2, -0.15) is 5.10 Å². The highest BCUT2D eigenvalue weighted by Crippen LogP contribution is 2.20. The van der Waals surface area contributed by atoms with Gasteiger partial charge in [0.2, 0.25) is 0 Å². The van der Waals surface area contributed by atoms with Gasteiger partial charge < -0.3 is 9.72 Å². The Morgan fingerprint density at radius 1 is 1.15 bits per heavy atom. The molecule has 4 rings (SSSR count). The minimum atomic E-state index is -0.241. The maximum absolute atomic E-state index is 12.6. The van der Waals surface area contributed by atoms with Gasteiger partial charge in [-0.1, -0.05) is 29.8 Å². The summed E-state index contributed by atoms with van der Waals surface area (Å²) in [4.78, 5) is 17.0. The molecule has 1 aromatic carbocycles. The van der Waals surface area contributed by atoms with E-state index in [1.807, 2.05) is 48.9 Å². The lowest BCUT2D eigenvalue weighted by molar-refractivity contribution is 0.0935. The van der Waals surface area contributed by atoms with Crippen LogP contribution in [0, 0.1) is 6.92 Å². The fourth-order valence-corrected chi connectivity index (χ4v) is 3.27. The Labute approximate surface area is 161 Å². The molecule has 7 heteroatoms. The number of pyridine rings is 1. The smallest absolute Gasteiger partial charge is 0.271 e. The number of rotatable bonds is 4. The van der Waals surface area contributed by atoms with Crippen molar-refractivity contribution in [1.82, 2.24) is 24.5 Å². The first kappa shape index (κ1) is 17.3. The Morgan fingerprint density at radius 3 is 2.70 bits per heavy atom. The van der Waals surface area contributed by atoms with Crippen LogP contribution in [0.4, 0.5) is 0 Å². The van der Waals surface area contributed by atoms with E-state index < -0.39 is 0 Å². The number of carbonyl (C=O) groups excluding carboxylic acids is 1. The number of imidazole rings is 1. The van der Waals surface area contributed by atoms with Gasteiger partial charge in [-0.05, 0) is 38.1 Å². The zero-order chi connectivity index (χ0) is 19.0. The van der Waals surface area contributed by atoms with Gasteiger partial charge >= 0.3 is 0 Å². The second kappa shape index (κ2) is 6.89. The van der Waals surface area contributed by atoms with E-state index in [9.17, 15) is 4.79 Å². The third-order valence-electron chi connectivity index (χ3n) is 4.51. The summed E-state index contributed by atoms with van der Waals surface area (Å²) < 4.78 is 3.60. The van der Waals surface area contributed by atoms with E-state index in [1.54, 1.807) is 35.1 Å². The maximum atomic E-state index is 12.6. The first-order valence-electron chi connectivity index (χ1n) is 8.58. The Kier molecular flexibility index (Phi) is 4.41. The first-order valence-corrected chi connectivity index (χ1v) is 8.96. The van der Waals surface area contributed by atoms with E-state index in [1.165, 1.54) is 0 Å². The highest BCUT2D eigenvalue weighted by Gasteiger charge is 2.18. The summed E-state index contributed by atoms with van der Waals surface area (Å²) in [6, 6.07) is 13.2. The summed E-state index contributed by atoms with van der Waals surface area (Å²) in [5, 5.41) is 8.04. The molecule has 0 spiro atoms. The summed E-state index contributed by atoms with van der Waals surface area (Å²) >= 11 is 5.98. The minimum Gasteiger partial charge on any atom is -0.344 e. The van der Waals surface area contributed by atoms with Crippen molar-refractivity contribution in [3.8, 4) is 5.69 Å². The van der Waals surface area contributed by atoms with Crippen molar-refractivity contribution >= 4 is 23.2 Å². The number of hydrogen-bond acceptors (Lipinski definition) is 3. The summed E-state index contributed by atoms with van der Waals surface area (Å²) in [6.07, 6.45) is 5.18. The number of amides is 1. The van der Waals surface area contributed by atoms with Crippen LogP contribution < -0.4 is 5.32 Å². The molecule has 0 aliphatic carbocycles. The molecule has 0 aliphatic heterocycles. The molecule has 0 unspecified atom stereocenters. The van der Waals surface area contributed by atoms with Crippen LogP contribution in [0.15, 0.2) is 61.1 Å². The summed E-state index contributed by atoms with van der Waals surface area (Å²) in [6.45, 7) is 3.93. The van der Waals surface area contributed by atoms with Crippen molar-refractivity contribution in [2.24, 2.45) is 0 Å². The maximum Gasteiger partial charge on any atom is 0.271 e. The molecule has 3 aromatic heterocycles. The van der Waals surface area contributed by atoms with Gasteiger partial charge in [-0.15, -0.1) is 0 Å². The predicted octanol–water partition coefficient (Wildman–Crippen LogP) is 3.97. The monoisotopic (exact) mass is 379 g/mol. The molecule has 0 bridgehead atoms. The standard InChI is InChI=1S/C20H18ClN5O/c1-13(17-10-22-26(14(17)2)16-6-4-3-5-7-16)23-20(27)18-12-25-11-15(21)8-9-19(25)24-18/h3-13H,1-2H3,(H,23,27)/t13-/m1/s1. The number of para-hydroxylation sites is 1. The van der Waals surface area contributed by atoms with Gasteiger partial charge in [0.1, 0.15) is 11.3 Å². The number of hydrogen-bond donors (Lipinski definition) is 1. The molecule has 0 saturated heterocycles. The number of nitrogens with one attached hydrogen (secondary N) is 1. The summed E-state index contributed by atoms with van der Waals surface area (Å²) in [5.41, 5.74) is 3.94. The molecule has 3 heterocycles. The molecule has 0 radical (unpaired) electrons.